The molecule has 0 unspecified atom stereocenters. The van der Waals surface area contributed by atoms with Gasteiger partial charge in [0.25, 0.3) is 0 Å². The van der Waals surface area contributed by atoms with E-state index in [0.717, 1.165) is 39.3 Å². The summed E-state index contributed by atoms with van der Waals surface area (Å²) in [5.74, 6) is 1.78. The number of rotatable bonds is 6. The largest absolute Gasteiger partial charge is 0.543 e. The second-order valence-corrected chi connectivity index (χ2v) is 14.2. The number of ether oxygens (including phenoxy) is 1. The Morgan fingerprint density at radius 2 is 1.57 bits per heavy atom. The first-order valence-corrected chi connectivity index (χ1v) is 13.0. The summed E-state index contributed by atoms with van der Waals surface area (Å²) in [6.45, 7) is 19.6. The normalized spacial score (nSPS) is 12.4. The standard InChI is InChI=1S/C24H36O3Si/c1-16(2)26-22-11-10-19(15-25)14-21(22)23-17(3)12-20(13-18(23)4)27-28(8,9)24(5,6)7/h10-14,16,25H,15H2,1-9H3. The van der Waals surface area contributed by atoms with Gasteiger partial charge in [0.1, 0.15) is 11.5 Å². The lowest BCUT2D eigenvalue weighted by molar-refractivity contribution is 0.243. The first-order chi connectivity index (χ1) is 12.9. The van der Waals surface area contributed by atoms with Gasteiger partial charge in [0, 0.05) is 5.56 Å². The Kier molecular flexibility index (Phi) is 6.67. The van der Waals surface area contributed by atoms with Crippen LogP contribution in [0, 0.1) is 13.8 Å². The van der Waals surface area contributed by atoms with Crippen LogP contribution in [0.4, 0.5) is 0 Å². The van der Waals surface area contributed by atoms with Crippen LogP contribution < -0.4 is 9.16 Å². The zero-order valence-electron chi connectivity index (χ0n) is 18.9. The maximum absolute atomic E-state index is 9.61. The molecule has 154 valence electrons. The Bertz CT molecular complexity index is 809. The highest BCUT2D eigenvalue weighted by Crippen LogP contribution is 2.41. The molecule has 0 bridgehead atoms. The van der Waals surface area contributed by atoms with E-state index in [4.69, 9.17) is 9.16 Å². The molecule has 4 heteroatoms. The fraction of sp³-hybridized carbons (Fsp3) is 0.500. The molecule has 0 aromatic heterocycles. The van der Waals surface area contributed by atoms with Gasteiger partial charge in [-0.05, 0) is 92.3 Å². The molecule has 3 nitrogen and oxygen atoms in total. The van der Waals surface area contributed by atoms with Crippen LogP contribution in [-0.2, 0) is 6.61 Å². The third-order valence-corrected chi connectivity index (χ3v) is 9.90. The Balaban J connectivity index is 2.54. The van der Waals surface area contributed by atoms with Gasteiger partial charge in [-0.1, -0.05) is 26.8 Å². The first kappa shape index (κ1) is 22.5. The fourth-order valence-electron chi connectivity index (χ4n) is 3.08. The van der Waals surface area contributed by atoms with Gasteiger partial charge < -0.3 is 14.3 Å². The van der Waals surface area contributed by atoms with Crippen LogP contribution >= 0.6 is 0 Å². The monoisotopic (exact) mass is 400 g/mol. The van der Waals surface area contributed by atoms with Crippen molar-refractivity contribution in [2.45, 2.75) is 79.3 Å². The number of benzene rings is 2. The van der Waals surface area contributed by atoms with E-state index in [9.17, 15) is 5.11 Å². The molecule has 0 spiro atoms. The highest BCUT2D eigenvalue weighted by atomic mass is 28.4. The smallest absolute Gasteiger partial charge is 0.250 e. The van der Waals surface area contributed by atoms with Gasteiger partial charge in [0.05, 0.1) is 12.7 Å². The summed E-state index contributed by atoms with van der Waals surface area (Å²) in [4.78, 5) is 0. The molecular formula is C24H36O3Si. The van der Waals surface area contributed by atoms with Gasteiger partial charge in [-0.2, -0.15) is 0 Å². The van der Waals surface area contributed by atoms with E-state index in [2.05, 4.69) is 59.8 Å². The van der Waals surface area contributed by atoms with E-state index in [1.54, 1.807) is 0 Å². The van der Waals surface area contributed by atoms with Crippen molar-refractivity contribution in [3.8, 4) is 22.6 Å². The average molecular weight is 401 g/mol. The van der Waals surface area contributed by atoms with Gasteiger partial charge in [-0.15, -0.1) is 0 Å². The van der Waals surface area contributed by atoms with E-state index in [1.807, 2.05) is 32.0 Å². The Labute approximate surface area is 171 Å². The highest BCUT2D eigenvalue weighted by molar-refractivity contribution is 6.74. The number of hydrogen-bond donors (Lipinski definition) is 1. The van der Waals surface area contributed by atoms with Crippen molar-refractivity contribution < 1.29 is 14.3 Å². The zero-order chi connectivity index (χ0) is 21.3. The molecule has 0 aliphatic rings. The molecule has 0 aliphatic heterocycles. The van der Waals surface area contributed by atoms with Crippen molar-refractivity contribution in [1.29, 1.82) is 0 Å². The lowest BCUT2D eigenvalue weighted by atomic mass is 9.93. The molecule has 1 N–H and O–H groups in total. The molecule has 0 radical (unpaired) electrons. The minimum atomic E-state index is -1.89. The van der Waals surface area contributed by atoms with Crippen molar-refractivity contribution in [3.05, 3.63) is 47.0 Å². The van der Waals surface area contributed by atoms with Crippen LogP contribution in [-0.4, -0.2) is 19.5 Å². The van der Waals surface area contributed by atoms with Crippen molar-refractivity contribution in [3.63, 3.8) is 0 Å². The second kappa shape index (κ2) is 8.30. The Morgan fingerprint density at radius 1 is 1.00 bits per heavy atom. The minimum Gasteiger partial charge on any atom is -0.543 e. The summed E-state index contributed by atoms with van der Waals surface area (Å²) in [5.41, 5.74) is 5.35. The molecule has 0 heterocycles. The predicted octanol–water partition coefficient (Wildman–Crippen LogP) is 6.63. The van der Waals surface area contributed by atoms with Gasteiger partial charge in [0.15, 0.2) is 0 Å². The van der Waals surface area contributed by atoms with E-state index in [-0.39, 0.29) is 17.7 Å². The molecule has 0 aliphatic carbocycles. The van der Waals surface area contributed by atoms with E-state index < -0.39 is 8.32 Å². The lowest BCUT2D eigenvalue weighted by Crippen LogP contribution is -2.43. The molecule has 28 heavy (non-hydrogen) atoms. The van der Waals surface area contributed by atoms with E-state index in [1.165, 1.54) is 0 Å². The fourth-order valence-corrected chi connectivity index (χ4v) is 4.10. The van der Waals surface area contributed by atoms with E-state index in [0.29, 0.717) is 0 Å². The van der Waals surface area contributed by atoms with Gasteiger partial charge in [-0.25, -0.2) is 0 Å². The maximum Gasteiger partial charge on any atom is 0.250 e. The predicted molar refractivity (Wildman–Crippen MR) is 121 cm³/mol. The summed E-state index contributed by atoms with van der Waals surface area (Å²) in [6, 6.07) is 10.2. The Morgan fingerprint density at radius 3 is 2.04 bits per heavy atom. The quantitative estimate of drug-likeness (QED) is 0.553. The number of aliphatic hydroxyl groups is 1. The van der Waals surface area contributed by atoms with Crippen LogP contribution in [0.5, 0.6) is 11.5 Å². The second-order valence-electron chi connectivity index (χ2n) is 9.45. The molecule has 0 fully saturated rings. The maximum atomic E-state index is 9.61. The van der Waals surface area contributed by atoms with Crippen molar-refractivity contribution in [2.75, 3.05) is 0 Å². The van der Waals surface area contributed by atoms with Crippen LogP contribution in [0.25, 0.3) is 11.1 Å². The first-order valence-electron chi connectivity index (χ1n) is 10.1. The molecule has 2 rings (SSSR count). The van der Waals surface area contributed by atoms with E-state index >= 15 is 0 Å². The molecule has 0 amide bonds. The molecule has 0 atom stereocenters. The summed E-state index contributed by atoms with van der Waals surface area (Å²) in [5, 5.41) is 9.77. The van der Waals surface area contributed by atoms with Crippen LogP contribution in [0.3, 0.4) is 0 Å². The third-order valence-electron chi connectivity index (χ3n) is 5.54. The molecule has 2 aromatic rings. The zero-order valence-corrected chi connectivity index (χ0v) is 19.9. The van der Waals surface area contributed by atoms with Crippen molar-refractivity contribution in [2.24, 2.45) is 0 Å². The van der Waals surface area contributed by atoms with Gasteiger partial charge >= 0.3 is 0 Å². The molecule has 0 saturated heterocycles. The molecule has 2 aromatic carbocycles. The van der Waals surface area contributed by atoms with Crippen LogP contribution in [0.15, 0.2) is 30.3 Å². The van der Waals surface area contributed by atoms with Gasteiger partial charge in [0.2, 0.25) is 8.32 Å². The minimum absolute atomic E-state index is 0.0135. The Hall–Kier alpha value is -1.78. The summed E-state index contributed by atoms with van der Waals surface area (Å²) in [7, 11) is -1.89. The number of hydrogen-bond acceptors (Lipinski definition) is 3. The summed E-state index contributed by atoms with van der Waals surface area (Å²) < 4.78 is 12.6. The number of aliphatic hydroxyl groups excluding tert-OH is 1. The highest BCUT2D eigenvalue weighted by Gasteiger charge is 2.39. The number of aryl methyl sites for hydroxylation is 2. The van der Waals surface area contributed by atoms with Crippen LogP contribution in [0.2, 0.25) is 18.1 Å². The lowest BCUT2D eigenvalue weighted by Gasteiger charge is -2.36. The molecular weight excluding hydrogens is 364 g/mol. The van der Waals surface area contributed by atoms with Crippen LogP contribution in [0.1, 0.15) is 51.3 Å². The summed E-state index contributed by atoms with van der Waals surface area (Å²) >= 11 is 0. The van der Waals surface area contributed by atoms with Crippen molar-refractivity contribution in [1.82, 2.24) is 0 Å². The third kappa shape index (κ3) is 4.98. The van der Waals surface area contributed by atoms with Crippen molar-refractivity contribution >= 4 is 8.32 Å². The van der Waals surface area contributed by atoms with Gasteiger partial charge in [-0.3, -0.25) is 0 Å². The molecule has 0 saturated carbocycles. The topological polar surface area (TPSA) is 38.7 Å². The summed E-state index contributed by atoms with van der Waals surface area (Å²) in [6.07, 6.45) is 0.0838. The SMILES string of the molecule is Cc1cc(O[Si](C)(C)C(C)(C)C)cc(C)c1-c1cc(CO)ccc1OC(C)C. The average Bonchev–Trinajstić information content (AvgIpc) is 2.53.